The van der Waals surface area contributed by atoms with Crippen LogP contribution in [0.1, 0.15) is 38.2 Å². The third-order valence-electron chi connectivity index (χ3n) is 2.98. The molecule has 0 aliphatic rings. The van der Waals surface area contributed by atoms with Crippen molar-refractivity contribution in [3.8, 4) is 0 Å². The average Bonchev–Trinajstić information content (AvgIpc) is 2.38. The van der Waals surface area contributed by atoms with E-state index in [0.29, 0.717) is 6.04 Å². The summed E-state index contributed by atoms with van der Waals surface area (Å²) in [5, 5.41) is 0. The van der Waals surface area contributed by atoms with Crippen LogP contribution in [0.5, 0.6) is 0 Å². The molecule has 0 aromatic heterocycles. The van der Waals surface area contributed by atoms with E-state index < -0.39 is 0 Å². The second kappa shape index (κ2) is 9.20. The van der Waals surface area contributed by atoms with Gasteiger partial charge in [0.25, 0.3) is 0 Å². The molecule has 0 saturated heterocycles. The molecule has 1 aromatic carbocycles. The number of hydrogen-bond acceptors (Lipinski definition) is 2. The molecule has 0 aliphatic heterocycles. The molecule has 1 aromatic rings. The molecular weight excluding hydrogens is 210 g/mol. The van der Waals surface area contributed by atoms with Gasteiger partial charge in [-0.3, -0.25) is 0 Å². The topological polar surface area (TPSA) is 35.2 Å². The lowest BCUT2D eigenvalue weighted by molar-refractivity contribution is 0.127. The van der Waals surface area contributed by atoms with Crippen LogP contribution < -0.4 is 5.73 Å². The predicted molar refractivity (Wildman–Crippen MR) is 73.1 cm³/mol. The zero-order valence-corrected chi connectivity index (χ0v) is 10.9. The van der Waals surface area contributed by atoms with Crippen LogP contribution in [-0.2, 0) is 11.2 Å². The van der Waals surface area contributed by atoms with Crippen LogP contribution in [0, 0.1) is 0 Å². The maximum atomic E-state index is 5.83. The summed E-state index contributed by atoms with van der Waals surface area (Å²) in [5.74, 6) is 0. The van der Waals surface area contributed by atoms with E-state index in [4.69, 9.17) is 10.5 Å². The molecule has 2 heteroatoms. The van der Waals surface area contributed by atoms with Gasteiger partial charge in [0, 0.05) is 19.3 Å². The minimum Gasteiger partial charge on any atom is -0.381 e. The van der Waals surface area contributed by atoms with Crippen molar-refractivity contribution in [3.05, 3.63) is 35.9 Å². The molecule has 2 nitrogen and oxygen atoms in total. The van der Waals surface area contributed by atoms with Crippen LogP contribution in [0.2, 0.25) is 0 Å². The fraction of sp³-hybridized carbons (Fsp3) is 0.600. The van der Waals surface area contributed by atoms with E-state index in [1.807, 2.05) is 0 Å². The average molecular weight is 235 g/mol. The van der Waals surface area contributed by atoms with Crippen molar-refractivity contribution in [1.82, 2.24) is 0 Å². The number of nitrogens with two attached hydrogens (primary N) is 1. The van der Waals surface area contributed by atoms with Gasteiger partial charge in [0.05, 0.1) is 0 Å². The highest BCUT2D eigenvalue weighted by Crippen LogP contribution is 2.03. The van der Waals surface area contributed by atoms with E-state index in [2.05, 4.69) is 37.3 Å². The lowest BCUT2D eigenvalue weighted by atomic mass is 10.1. The van der Waals surface area contributed by atoms with Gasteiger partial charge in [-0.25, -0.2) is 0 Å². The molecule has 0 amide bonds. The third-order valence-corrected chi connectivity index (χ3v) is 2.98. The van der Waals surface area contributed by atoms with E-state index in [-0.39, 0.29) is 0 Å². The van der Waals surface area contributed by atoms with Gasteiger partial charge >= 0.3 is 0 Å². The van der Waals surface area contributed by atoms with Crippen LogP contribution in [0.25, 0.3) is 0 Å². The van der Waals surface area contributed by atoms with E-state index in [1.54, 1.807) is 0 Å². The summed E-state index contributed by atoms with van der Waals surface area (Å²) >= 11 is 0. The second-order valence-corrected chi connectivity index (χ2v) is 4.51. The maximum Gasteiger partial charge on any atom is 0.0469 e. The Kier molecular flexibility index (Phi) is 7.69. The maximum absolute atomic E-state index is 5.83. The summed E-state index contributed by atoms with van der Waals surface area (Å²) in [6, 6.07) is 10.9. The quantitative estimate of drug-likeness (QED) is 0.667. The highest BCUT2D eigenvalue weighted by atomic mass is 16.5. The van der Waals surface area contributed by atoms with Crippen molar-refractivity contribution in [2.24, 2.45) is 5.73 Å². The van der Waals surface area contributed by atoms with Crippen molar-refractivity contribution in [2.75, 3.05) is 13.2 Å². The van der Waals surface area contributed by atoms with Crippen LogP contribution in [-0.4, -0.2) is 19.3 Å². The number of rotatable bonds is 9. The standard InChI is InChI=1S/C15H25NO/c1-2-15(16)11-7-13-17-12-6-10-14-8-4-3-5-9-14/h3-5,8-9,15H,2,6-7,10-13,16H2,1H3. The molecule has 2 N–H and O–H groups in total. The Balaban J connectivity index is 1.91. The molecule has 0 radical (unpaired) electrons. The Morgan fingerprint density at radius 3 is 2.53 bits per heavy atom. The Morgan fingerprint density at radius 1 is 1.12 bits per heavy atom. The van der Waals surface area contributed by atoms with Gasteiger partial charge in [-0.05, 0) is 37.7 Å². The molecule has 0 aliphatic carbocycles. The number of ether oxygens (including phenoxy) is 1. The van der Waals surface area contributed by atoms with Crippen molar-refractivity contribution in [1.29, 1.82) is 0 Å². The highest BCUT2D eigenvalue weighted by molar-refractivity contribution is 5.14. The lowest BCUT2D eigenvalue weighted by Crippen LogP contribution is -2.18. The minimum absolute atomic E-state index is 0.350. The van der Waals surface area contributed by atoms with E-state index in [0.717, 1.165) is 45.3 Å². The summed E-state index contributed by atoms with van der Waals surface area (Å²) in [6.07, 6.45) is 5.43. The second-order valence-electron chi connectivity index (χ2n) is 4.51. The molecule has 1 rings (SSSR count). The third kappa shape index (κ3) is 7.14. The Morgan fingerprint density at radius 2 is 1.82 bits per heavy atom. The first-order valence-electron chi connectivity index (χ1n) is 6.70. The van der Waals surface area contributed by atoms with Crippen molar-refractivity contribution in [3.63, 3.8) is 0 Å². The first kappa shape index (κ1) is 14.2. The molecule has 0 bridgehead atoms. The molecule has 0 heterocycles. The fourth-order valence-corrected chi connectivity index (χ4v) is 1.78. The first-order valence-corrected chi connectivity index (χ1v) is 6.70. The molecular formula is C15H25NO. The normalized spacial score (nSPS) is 12.6. The molecule has 96 valence electrons. The molecule has 1 unspecified atom stereocenters. The molecule has 1 atom stereocenters. The first-order chi connectivity index (χ1) is 8.33. The minimum atomic E-state index is 0.350. The zero-order valence-electron chi connectivity index (χ0n) is 10.9. The number of hydrogen-bond donors (Lipinski definition) is 1. The molecule has 0 saturated carbocycles. The molecule has 0 spiro atoms. The lowest BCUT2D eigenvalue weighted by Gasteiger charge is -2.08. The van der Waals surface area contributed by atoms with Crippen molar-refractivity contribution >= 4 is 0 Å². The van der Waals surface area contributed by atoms with Gasteiger partial charge in [0.1, 0.15) is 0 Å². The van der Waals surface area contributed by atoms with Crippen LogP contribution >= 0.6 is 0 Å². The fourth-order valence-electron chi connectivity index (χ4n) is 1.78. The van der Waals surface area contributed by atoms with Gasteiger partial charge in [0.15, 0.2) is 0 Å². The monoisotopic (exact) mass is 235 g/mol. The van der Waals surface area contributed by atoms with Crippen molar-refractivity contribution in [2.45, 2.75) is 45.1 Å². The number of aryl methyl sites for hydroxylation is 1. The highest BCUT2D eigenvalue weighted by Gasteiger charge is 1.98. The summed E-state index contributed by atoms with van der Waals surface area (Å²) in [4.78, 5) is 0. The molecule has 0 fully saturated rings. The van der Waals surface area contributed by atoms with Crippen LogP contribution in [0.3, 0.4) is 0 Å². The van der Waals surface area contributed by atoms with E-state index in [1.165, 1.54) is 5.56 Å². The summed E-state index contributed by atoms with van der Waals surface area (Å²) < 4.78 is 5.59. The van der Waals surface area contributed by atoms with E-state index in [9.17, 15) is 0 Å². The summed E-state index contributed by atoms with van der Waals surface area (Å²) in [5.41, 5.74) is 7.23. The van der Waals surface area contributed by atoms with Gasteiger partial charge in [-0.1, -0.05) is 37.3 Å². The van der Waals surface area contributed by atoms with Gasteiger partial charge in [0.2, 0.25) is 0 Å². The van der Waals surface area contributed by atoms with Crippen LogP contribution in [0.4, 0.5) is 0 Å². The predicted octanol–water partition coefficient (Wildman–Crippen LogP) is 3.15. The Bertz CT molecular complexity index is 274. The van der Waals surface area contributed by atoms with Crippen LogP contribution in [0.15, 0.2) is 30.3 Å². The molecule has 17 heavy (non-hydrogen) atoms. The SMILES string of the molecule is CCC(N)CCCOCCCc1ccccc1. The summed E-state index contributed by atoms with van der Waals surface area (Å²) in [7, 11) is 0. The number of benzene rings is 1. The van der Waals surface area contributed by atoms with Gasteiger partial charge < -0.3 is 10.5 Å². The largest absolute Gasteiger partial charge is 0.381 e. The van der Waals surface area contributed by atoms with E-state index >= 15 is 0 Å². The Labute approximate surface area is 105 Å². The Hall–Kier alpha value is -0.860. The van der Waals surface area contributed by atoms with Gasteiger partial charge in [-0.2, -0.15) is 0 Å². The van der Waals surface area contributed by atoms with Gasteiger partial charge in [-0.15, -0.1) is 0 Å². The summed E-state index contributed by atoms with van der Waals surface area (Å²) in [6.45, 7) is 3.84. The van der Waals surface area contributed by atoms with Crippen molar-refractivity contribution < 1.29 is 4.74 Å². The zero-order chi connectivity index (χ0) is 12.3. The smallest absolute Gasteiger partial charge is 0.0469 e.